The van der Waals surface area contributed by atoms with Crippen molar-refractivity contribution in [2.24, 2.45) is 0 Å². The van der Waals surface area contributed by atoms with Gasteiger partial charge in [0.05, 0.1) is 15.6 Å². The predicted molar refractivity (Wildman–Crippen MR) is 115 cm³/mol. The number of piperazine rings is 1. The minimum Gasteiger partial charge on any atom is -0.345 e. The highest BCUT2D eigenvalue weighted by molar-refractivity contribution is 7.89. The predicted octanol–water partition coefficient (Wildman–Crippen LogP) is 4.77. The topological polar surface area (TPSA) is 53.5 Å². The number of nitrogens with zero attached hydrogens (tertiary/aromatic N) is 3. The maximum atomic E-state index is 13.4. The molecule has 10 heteroatoms. The molecule has 1 aliphatic rings. The van der Waals surface area contributed by atoms with Gasteiger partial charge >= 0.3 is 0 Å². The van der Waals surface area contributed by atoms with E-state index in [1.807, 2.05) is 10.3 Å². The molecular weight excluding hydrogens is 456 g/mol. The molecule has 4 rings (SSSR count). The van der Waals surface area contributed by atoms with Crippen LogP contribution in [0.15, 0.2) is 52.7 Å². The number of anilines is 1. The molecule has 0 atom stereocenters. The molecule has 0 saturated carbocycles. The molecule has 0 aliphatic carbocycles. The Balaban J connectivity index is 1.46. The molecule has 29 heavy (non-hydrogen) atoms. The molecule has 1 fully saturated rings. The smallest absolute Gasteiger partial charge is 0.243 e. The summed E-state index contributed by atoms with van der Waals surface area (Å²) >= 11 is 13.3. The number of aromatic nitrogens is 1. The minimum absolute atomic E-state index is 0.0527. The Morgan fingerprint density at radius 2 is 1.79 bits per heavy atom. The fourth-order valence-electron chi connectivity index (χ4n) is 3.09. The quantitative estimate of drug-likeness (QED) is 0.549. The highest BCUT2D eigenvalue weighted by atomic mass is 35.5. The summed E-state index contributed by atoms with van der Waals surface area (Å²) in [4.78, 5) is 6.85. The van der Waals surface area contributed by atoms with Gasteiger partial charge in [0.1, 0.15) is 5.82 Å². The van der Waals surface area contributed by atoms with Crippen LogP contribution in [0.4, 0.5) is 9.52 Å². The summed E-state index contributed by atoms with van der Waals surface area (Å²) in [5.41, 5.74) is 1.45. The Labute approximate surface area is 182 Å². The number of hydrogen-bond acceptors (Lipinski definition) is 5. The lowest BCUT2D eigenvalue weighted by Gasteiger charge is -2.33. The van der Waals surface area contributed by atoms with E-state index in [9.17, 15) is 12.8 Å². The average molecular weight is 472 g/mol. The van der Waals surface area contributed by atoms with Crippen molar-refractivity contribution in [3.63, 3.8) is 0 Å². The third-order valence-electron chi connectivity index (χ3n) is 4.65. The molecule has 0 N–H and O–H groups in total. The molecule has 0 unspecified atom stereocenters. The van der Waals surface area contributed by atoms with Gasteiger partial charge in [-0.05, 0) is 36.4 Å². The summed E-state index contributed by atoms with van der Waals surface area (Å²) in [6.07, 6.45) is 0. The van der Waals surface area contributed by atoms with Crippen LogP contribution in [0.5, 0.6) is 0 Å². The molecule has 152 valence electrons. The second-order valence-electron chi connectivity index (χ2n) is 6.49. The van der Waals surface area contributed by atoms with E-state index in [0.29, 0.717) is 36.9 Å². The van der Waals surface area contributed by atoms with Gasteiger partial charge < -0.3 is 4.90 Å². The van der Waals surface area contributed by atoms with Gasteiger partial charge in [-0.1, -0.05) is 29.3 Å². The zero-order valence-corrected chi connectivity index (χ0v) is 18.2. The van der Waals surface area contributed by atoms with E-state index < -0.39 is 15.8 Å². The van der Waals surface area contributed by atoms with E-state index in [1.54, 1.807) is 30.3 Å². The fourth-order valence-corrected chi connectivity index (χ4v) is 5.89. The third-order valence-corrected chi connectivity index (χ3v) is 7.97. The van der Waals surface area contributed by atoms with Crippen molar-refractivity contribution in [1.29, 1.82) is 0 Å². The van der Waals surface area contributed by atoms with Crippen LogP contribution in [-0.4, -0.2) is 43.9 Å². The molecule has 2 heterocycles. The number of sulfonamides is 1. The van der Waals surface area contributed by atoms with Crippen LogP contribution >= 0.6 is 34.5 Å². The molecule has 0 radical (unpaired) electrons. The lowest BCUT2D eigenvalue weighted by atomic mass is 10.2. The molecule has 1 aromatic heterocycles. The lowest BCUT2D eigenvalue weighted by molar-refractivity contribution is 0.385. The molecule has 0 amide bonds. The normalized spacial score (nSPS) is 15.6. The van der Waals surface area contributed by atoms with Crippen molar-refractivity contribution in [2.75, 3.05) is 31.1 Å². The molecule has 2 aromatic carbocycles. The first-order chi connectivity index (χ1) is 13.8. The van der Waals surface area contributed by atoms with E-state index in [2.05, 4.69) is 4.98 Å². The molecule has 3 aromatic rings. The van der Waals surface area contributed by atoms with Gasteiger partial charge in [-0.25, -0.2) is 17.8 Å². The highest BCUT2D eigenvalue weighted by Crippen LogP contribution is 2.31. The van der Waals surface area contributed by atoms with Gasteiger partial charge in [-0.3, -0.25) is 0 Å². The van der Waals surface area contributed by atoms with E-state index in [1.165, 1.54) is 27.8 Å². The molecular formula is C19H16Cl2FN3O2S2. The SMILES string of the molecule is O=S(=O)(c1cccc(Cl)c1)N1CCN(c2nc(-c3ccc(F)c(Cl)c3)cs2)CC1. The van der Waals surface area contributed by atoms with Crippen LogP contribution in [0.2, 0.25) is 10.0 Å². The summed E-state index contributed by atoms with van der Waals surface area (Å²) in [7, 11) is -3.58. The Morgan fingerprint density at radius 1 is 1.03 bits per heavy atom. The van der Waals surface area contributed by atoms with Crippen molar-refractivity contribution in [1.82, 2.24) is 9.29 Å². The number of halogens is 3. The number of benzene rings is 2. The number of thiazole rings is 1. The second kappa shape index (κ2) is 8.20. The van der Waals surface area contributed by atoms with Crippen molar-refractivity contribution in [3.8, 4) is 11.3 Å². The van der Waals surface area contributed by atoms with Crippen LogP contribution < -0.4 is 4.90 Å². The molecule has 0 bridgehead atoms. The maximum absolute atomic E-state index is 13.4. The first-order valence-electron chi connectivity index (χ1n) is 8.76. The van der Waals surface area contributed by atoms with Crippen molar-refractivity contribution in [2.45, 2.75) is 4.90 Å². The minimum atomic E-state index is -3.58. The number of rotatable bonds is 4. The number of hydrogen-bond donors (Lipinski definition) is 0. The molecule has 0 spiro atoms. The van der Waals surface area contributed by atoms with E-state index in [-0.39, 0.29) is 9.92 Å². The van der Waals surface area contributed by atoms with Crippen LogP contribution in [0.1, 0.15) is 0 Å². The first kappa shape index (κ1) is 20.6. The summed E-state index contributed by atoms with van der Waals surface area (Å²) in [6, 6.07) is 10.8. The van der Waals surface area contributed by atoms with Gasteiger partial charge in [0.25, 0.3) is 0 Å². The zero-order chi connectivity index (χ0) is 20.6. The van der Waals surface area contributed by atoms with Gasteiger partial charge in [0.2, 0.25) is 10.0 Å². The van der Waals surface area contributed by atoms with Crippen LogP contribution in [0.3, 0.4) is 0 Å². The highest BCUT2D eigenvalue weighted by Gasteiger charge is 2.29. The van der Waals surface area contributed by atoms with Crippen LogP contribution in [0.25, 0.3) is 11.3 Å². The first-order valence-corrected chi connectivity index (χ1v) is 11.8. The standard InChI is InChI=1S/C19H16Cl2FN3O2S2/c20-14-2-1-3-15(11-14)29(26,27)25-8-6-24(7-9-25)19-23-18(12-28-19)13-4-5-17(22)16(21)10-13/h1-5,10-12H,6-9H2. The summed E-state index contributed by atoms with van der Waals surface area (Å²) in [5.74, 6) is -0.470. The van der Waals surface area contributed by atoms with E-state index >= 15 is 0 Å². The largest absolute Gasteiger partial charge is 0.345 e. The second-order valence-corrected chi connectivity index (χ2v) is 10.1. The van der Waals surface area contributed by atoms with Crippen LogP contribution in [-0.2, 0) is 10.0 Å². The molecule has 5 nitrogen and oxygen atoms in total. The zero-order valence-electron chi connectivity index (χ0n) is 15.1. The van der Waals surface area contributed by atoms with Crippen molar-refractivity contribution >= 4 is 49.7 Å². The Hall–Kier alpha value is -1.71. The molecule has 1 saturated heterocycles. The third kappa shape index (κ3) is 4.27. The average Bonchev–Trinajstić information content (AvgIpc) is 3.20. The maximum Gasteiger partial charge on any atom is 0.243 e. The van der Waals surface area contributed by atoms with Gasteiger partial charge in [-0.15, -0.1) is 11.3 Å². The van der Waals surface area contributed by atoms with E-state index in [0.717, 1.165) is 10.7 Å². The summed E-state index contributed by atoms with van der Waals surface area (Å²) in [5, 5.41) is 3.12. The Kier molecular flexibility index (Phi) is 5.81. The lowest BCUT2D eigenvalue weighted by Crippen LogP contribution is -2.48. The van der Waals surface area contributed by atoms with E-state index in [4.69, 9.17) is 23.2 Å². The fraction of sp³-hybridized carbons (Fsp3) is 0.211. The summed E-state index contributed by atoms with van der Waals surface area (Å²) < 4.78 is 40.5. The Morgan fingerprint density at radius 3 is 2.48 bits per heavy atom. The van der Waals surface area contributed by atoms with Crippen LogP contribution in [0, 0.1) is 5.82 Å². The van der Waals surface area contributed by atoms with Gasteiger partial charge in [0.15, 0.2) is 5.13 Å². The summed E-state index contributed by atoms with van der Waals surface area (Å²) in [6.45, 7) is 1.76. The molecule has 1 aliphatic heterocycles. The monoisotopic (exact) mass is 471 g/mol. The van der Waals surface area contributed by atoms with Crippen molar-refractivity contribution < 1.29 is 12.8 Å². The van der Waals surface area contributed by atoms with Gasteiger partial charge in [-0.2, -0.15) is 4.31 Å². The Bertz CT molecular complexity index is 1150. The van der Waals surface area contributed by atoms with Crippen molar-refractivity contribution in [3.05, 3.63) is 63.7 Å². The van der Waals surface area contributed by atoms with Gasteiger partial charge in [0, 0.05) is 42.1 Å².